The largest absolute Gasteiger partial charge is 0.383 e. The molecular formula is C29H32FN9. The lowest BCUT2D eigenvalue weighted by molar-refractivity contribution is 0.190. The van der Waals surface area contributed by atoms with Gasteiger partial charge in [0.05, 0.1) is 39.6 Å². The van der Waals surface area contributed by atoms with Gasteiger partial charge in [-0.25, -0.2) is 4.98 Å². The van der Waals surface area contributed by atoms with E-state index in [0.717, 1.165) is 24.1 Å². The van der Waals surface area contributed by atoms with Crippen LogP contribution in [0, 0.1) is 40.9 Å². The van der Waals surface area contributed by atoms with Crippen LogP contribution in [-0.2, 0) is 0 Å². The van der Waals surface area contributed by atoms with Crippen molar-refractivity contribution in [2.24, 2.45) is 5.41 Å². The molecule has 2 aliphatic rings. The van der Waals surface area contributed by atoms with Gasteiger partial charge in [0.2, 0.25) is 5.95 Å². The number of aromatic nitrogens is 2. The molecule has 3 heterocycles. The number of fused-ring (bicyclic) bond motifs is 1. The summed E-state index contributed by atoms with van der Waals surface area (Å²) in [5.41, 5.74) is 11.3. The highest BCUT2D eigenvalue weighted by Crippen LogP contribution is 2.42. The molecule has 3 aromatic rings. The Morgan fingerprint density at radius 1 is 1.18 bits per heavy atom. The zero-order valence-corrected chi connectivity index (χ0v) is 22.8. The van der Waals surface area contributed by atoms with E-state index in [0.29, 0.717) is 45.6 Å². The highest BCUT2D eigenvalue weighted by Gasteiger charge is 2.44. The van der Waals surface area contributed by atoms with Gasteiger partial charge < -0.3 is 16.1 Å². The summed E-state index contributed by atoms with van der Waals surface area (Å²) in [6.45, 7) is 10.9. The molecule has 4 N–H and O–H groups in total. The van der Waals surface area contributed by atoms with E-state index in [9.17, 15) is 14.9 Å². The maximum Gasteiger partial charge on any atom is 0.213 e. The fourth-order valence-corrected chi connectivity index (χ4v) is 4.62. The number of hydrogen-bond acceptors (Lipinski definition) is 9. The van der Waals surface area contributed by atoms with Crippen LogP contribution >= 0.6 is 0 Å². The van der Waals surface area contributed by atoms with Crippen molar-refractivity contribution in [1.82, 2.24) is 25.9 Å². The summed E-state index contributed by atoms with van der Waals surface area (Å²) >= 11 is 0. The van der Waals surface area contributed by atoms with Crippen LogP contribution in [0.25, 0.3) is 10.9 Å². The molecule has 1 aliphatic carbocycles. The maximum atomic E-state index is 13.9. The van der Waals surface area contributed by atoms with E-state index < -0.39 is 12.0 Å². The molecule has 1 aromatic carbocycles. The molecule has 1 fully saturated rings. The van der Waals surface area contributed by atoms with E-state index in [1.165, 1.54) is 12.3 Å². The van der Waals surface area contributed by atoms with Gasteiger partial charge in [-0.2, -0.15) is 14.9 Å². The topological polar surface area (TPSA) is 125 Å². The van der Waals surface area contributed by atoms with Crippen molar-refractivity contribution in [3.63, 3.8) is 0 Å². The average Bonchev–Trinajstić information content (AvgIpc) is 3.43. The molecule has 0 radical (unpaired) electrons. The van der Waals surface area contributed by atoms with Gasteiger partial charge in [-0.05, 0) is 50.3 Å². The maximum absolute atomic E-state index is 13.9. The van der Waals surface area contributed by atoms with Crippen LogP contribution in [0.15, 0.2) is 42.4 Å². The zero-order valence-electron chi connectivity index (χ0n) is 22.8. The van der Waals surface area contributed by atoms with Crippen LogP contribution in [0.3, 0.4) is 0 Å². The number of nitriles is 2. The summed E-state index contributed by atoms with van der Waals surface area (Å²) in [6.07, 6.45) is 5.68. The van der Waals surface area contributed by atoms with Crippen molar-refractivity contribution in [2.45, 2.75) is 59.0 Å². The van der Waals surface area contributed by atoms with E-state index >= 15 is 0 Å². The quantitative estimate of drug-likeness (QED) is 0.310. The first-order valence-corrected chi connectivity index (χ1v) is 12.9. The first-order chi connectivity index (χ1) is 18.5. The third-order valence-corrected chi connectivity index (χ3v) is 7.18. The molecule has 2 aromatic heterocycles. The summed E-state index contributed by atoms with van der Waals surface area (Å²) in [5, 5.41) is 29.5. The van der Waals surface area contributed by atoms with Crippen molar-refractivity contribution < 1.29 is 4.39 Å². The lowest BCUT2D eigenvalue weighted by atomic mass is 9.96. The van der Waals surface area contributed by atoms with E-state index in [1.807, 2.05) is 12.3 Å². The fourth-order valence-electron chi connectivity index (χ4n) is 4.62. The van der Waals surface area contributed by atoms with Crippen molar-refractivity contribution in [3.8, 4) is 12.1 Å². The summed E-state index contributed by atoms with van der Waals surface area (Å²) in [6, 6.07) is 10.8. The lowest BCUT2D eigenvalue weighted by Gasteiger charge is -2.24. The lowest BCUT2D eigenvalue weighted by Crippen LogP contribution is -2.43. The number of hydrogen-bond donors (Lipinski definition) is 4. The molecule has 1 atom stereocenters. The minimum atomic E-state index is -0.546. The van der Waals surface area contributed by atoms with Crippen LogP contribution in [0.4, 0.5) is 15.8 Å². The monoisotopic (exact) mass is 525 g/mol. The van der Waals surface area contributed by atoms with Gasteiger partial charge in [-0.1, -0.05) is 26.8 Å². The van der Waals surface area contributed by atoms with Gasteiger partial charge in [0, 0.05) is 41.3 Å². The first-order valence-electron chi connectivity index (χ1n) is 12.9. The molecule has 0 bridgehead atoms. The highest BCUT2D eigenvalue weighted by atomic mass is 19.1. The minimum Gasteiger partial charge on any atom is -0.383 e. The third-order valence-electron chi connectivity index (χ3n) is 7.18. The van der Waals surface area contributed by atoms with Gasteiger partial charge in [0.15, 0.2) is 0 Å². The predicted octanol–water partition coefficient (Wildman–Crippen LogP) is 5.15. The molecule has 9 nitrogen and oxygen atoms in total. The van der Waals surface area contributed by atoms with Gasteiger partial charge in [-0.3, -0.25) is 9.99 Å². The standard InChI is InChI=1S/C29H32FN9/c1-17-21(6-7-24(30)35-17)27(23-15-39(38-37-23)29(5)8-9-29)36-20-10-18(12-31)25-22(11-20)26(19(13-32)14-33-25)34-16-28(2,3)4/h6-7,10-11,14-15,27,36-38H,8-9,16H2,1-5H3,(H,33,34)/t27-/m0/s1. The van der Waals surface area contributed by atoms with E-state index in [-0.39, 0.29) is 11.0 Å². The Labute approximate surface area is 227 Å². The number of anilines is 2. The van der Waals surface area contributed by atoms with E-state index in [2.05, 4.69) is 76.4 Å². The number of hydrazine groups is 2. The van der Waals surface area contributed by atoms with E-state index in [4.69, 9.17) is 0 Å². The number of halogens is 1. The zero-order chi connectivity index (χ0) is 27.9. The van der Waals surface area contributed by atoms with Crippen molar-refractivity contribution >= 4 is 22.3 Å². The first kappa shape index (κ1) is 26.2. The van der Waals surface area contributed by atoms with Gasteiger partial charge in [-0.15, -0.1) is 5.53 Å². The normalized spacial score (nSPS) is 16.6. The molecule has 0 saturated heterocycles. The van der Waals surface area contributed by atoms with Crippen molar-refractivity contribution in [3.05, 3.63) is 70.7 Å². The molecule has 39 heavy (non-hydrogen) atoms. The van der Waals surface area contributed by atoms with Crippen molar-refractivity contribution in [2.75, 3.05) is 17.2 Å². The number of rotatable bonds is 7. The average molecular weight is 526 g/mol. The molecule has 5 rings (SSSR count). The summed E-state index contributed by atoms with van der Waals surface area (Å²) < 4.78 is 13.9. The molecule has 0 amide bonds. The second-order valence-electron chi connectivity index (χ2n) is 11.7. The van der Waals surface area contributed by atoms with Gasteiger partial charge in [0.1, 0.15) is 12.1 Å². The summed E-state index contributed by atoms with van der Waals surface area (Å²) in [7, 11) is 0. The Kier molecular flexibility index (Phi) is 6.53. The van der Waals surface area contributed by atoms with Crippen LogP contribution in [0.5, 0.6) is 0 Å². The minimum absolute atomic E-state index is 0.0356. The predicted molar refractivity (Wildman–Crippen MR) is 148 cm³/mol. The number of benzene rings is 1. The van der Waals surface area contributed by atoms with Crippen LogP contribution < -0.4 is 21.6 Å². The van der Waals surface area contributed by atoms with Crippen LogP contribution in [-0.4, -0.2) is 27.1 Å². The molecule has 0 unspecified atom stereocenters. The second-order valence-corrected chi connectivity index (χ2v) is 11.7. The molecule has 10 heteroatoms. The third kappa shape index (κ3) is 5.29. The van der Waals surface area contributed by atoms with Crippen molar-refractivity contribution in [1.29, 1.82) is 10.5 Å². The Balaban J connectivity index is 1.61. The Morgan fingerprint density at radius 2 is 1.92 bits per heavy atom. The molecule has 1 saturated carbocycles. The SMILES string of the molecule is Cc1nc(F)ccc1[C@H](Nc1cc(C#N)c2ncc(C#N)c(NCC(C)(C)C)c2c1)C1=CN(C2(C)CC2)NN1. The summed E-state index contributed by atoms with van der Waals surface area (Å²) in [4.78, 5) is 8.50. The number of nitrogens with zero attached hydrogens (tertiary/aromatic N) is 5. The fraction of sp³-hybridized carbons (Fsp3) is 0.379. The number of aryl methyl sites for hydroxylation is 1. The molecular weight excluding hydrogens is 493 g/mol. The highest BCUT2D eigenvalue weighted by molar-refractivity contribution is 5.99. The molecule has 200 valence electrons. The van der Waals surface area contributed by atoms with Crippen LogP contribution in [0.2, 0.25) is 0 Å². The van der Waals surface area contributed by atoms with Gasteiger partial charge >= 0.3 is 0 Å². The smallest absolute Gasteiger partial charge is 0.213 e. The Morgan fingerprint density at radius 3 is 2.56 bits per heavy atom. The van der Waals surface area contributed by atoms with Gasteiger partial charge in [0.25, 0.3) is 0 Å². The van der Waals surface area contributed by atoms with Crippen LogP contribution in [0.1, 0.15) is 69.0 Å². The summed E-state index contributed by atoms with van der Waals surface area (Å²) in [5.74, 6) is -0.546. The Bertz CT molecular complexity index is 1550. The second kappa shape index (κ2) is 9.72. The molecule has 1 aliphatic heterocycles. The van der Waals surface area contributed by atoms with E-state index in [1.54, 1.807) is 19.1 Å². The number of pyridine rings is 2. The number of nitrogens with one attached hydrogen (secondary N) is 4. The molecule has 0 spiro atoms. The Hall–Kier alpha value is -4.41.